The van der Waals surface area contributed by atoms with Crippen LogP contribution in [-0.4, -0.2) is 34.2 Å². The molecule has 2 aromatic rings. The van der Waals surface area contributed by atoms with Crippen LogP contribution in [0.25, 0.3) is 0 Å². The Hall–Kier alpha value is -1.60. The summed E-state index contributed by atoms with van der Waals surface area (Å²) in [6.07, 6.45) is 0. The fourth-order valence-corrected chi connectivity index (χ4v) is 2.34. The monoisotopic (exact) mass is 397 g/mol. The predicted octanol–water partition coefficient (Wildman–Crippen LogP) is 2.63. The summed E-state index contributed by atoms with van der Waals surface area (Å²) in [5.41, 5.74) is 1.41. The van der Waals surface area contributed by atoms with Crippen molar-refractivity contribution in [1.82, 2.24) is 4.90 Å². The number of carbonyl (C=O) groups is 1. The van der Waals surface area contributed by atoms with Crippen LogP contribution in [0.4, 0.5) is 0 Å². The number of nitrogens with zero attached hydrogens (tertiary/aromatic N) is 1. The molecule has 5 heteroatoms. The van der Waals surface area contributed by atoms with Crippen molar-refractivity contribution in [3.63, 3.8) is 0 Å². The first kappa shape index (κ1) is 15.8. The fraction of sp³-hybridized carbons (Fsp3) is 0.188. The largest absolute Gasteiger partial charge is 0.507 e. The van der Waals surface area contributed by atoms with E-state index in [1.54, 1.807) is 17.0 Å². The van der Waals surface area contributed by atoms with Crippen LogP contribution in [0.1, 0.15) is 15.9 Å². The van der Waals surface area contributed by atoms with E-state index in [9.17, 15) is 9.90 Å². The lowest BCUT2D eigenvalue weighted by molar-refractivity contribution is 0.0707. The van der Waals surface area contributed by atoms with Gasteiger partial charge in [0.15, 0.2) is 0 Å². The summed E-state index contributed by atoms with van der Waals surface area (Å²) in [6, 6.07) is 14.4. The van der Waals surface area contributed by atoms with Crippen LogP contribution in [0.5, 0.6) is 5.75 Å². The van der Waals surface area contributed by atoms with Crippen molar-refractivity contribution in [3.05, 3.63) is 63.2 Å². The molecule has 0 aliphatic carbocycles. The number of carbonyl (C=O) groups excluding carboxylic acids is 1. The minimum Gasteiger partial charge on any atom is -0.507 e. The molecule has 0 aromatic heterocycles. The molecule has 0 radical (unpaired) electrons. The second kappa shape index (κ2) is 7.42. The minimum absolute atomic E-state index is 0.0881. The molecule has 0 spiro atoms. The number of phenols is 1. The van der Waals surface area contributed by atoms with Gasteiger partial charge in [-0.15, -0.1) is 0 Å². The highest BCUT2D eigenvalue weighted by Crippen LogP contribution is 2.21. The highest BCUT2D eigenvalue weighted by atomic mass is 127. The Labute approximate surface area is 137 Å². The van der Waals surface area contributed by atoms with Gasteiger partial charge in [0.1, 0.15) is 5.75 Å². The highest BCUT2D eigenvalue weighted by Gasteiger charge is 2.16. The molecule has 110 valence electrons. The number of halogens is 1. The van der Waals surface area contributed by atoms with E-state index in [2.05, 4.69) is 0 Å². The van der Waals surface area contributed by atoms with Gasteiger partial charge in [0, 0.05) is 18.7 Å². The Morgan fingerprint density at radius 3 is 2.48 bits per heavy atom. The van der Waals surface area contributed by atoms with Crippen LogP contribution in [0.15, 0.2) is 48.5 Å². The van der Waals surface area contributed by atoms with Crippen LogP contribution in [-0.2, 0) is 6.54 Å². The molecule has 4 nitrogen and oxygen atoms in total. The molecular formula is C16H16INO3. The molecule has 2 aromatic carbocycles. The summed E-state index contributed by atoms with van der Waals surface area (Å²) >= 11 is 2.00. The lowest BCUT2D eigenvalue weighted by atomic mass is 10.1. The summed E-state index contributed by atoms with van der Waals surface area (Å²) in [4.78, 5) is 14.1. The van der Waals surface area contributed by atoms with Gasteiger partial charge in [0.25, 0.3) is 5.91 Å². The Bertz CT molecular complexity index is 616. The molecule has 21 heavy (non-hydrogen) atoms. The number of hydrogen-bond acceptors (Lipinski definition) is 3. The van der Waals surface area contributed by atoms with Gasteiger partial charge in [-0.25, -0.2) is 0 Å². The van der Waals surface area contributed by atoms with E-state index in [0.717, 1.165) is 5.56 Å². The van der Waals surface area contributed by atoms with E-state index in [-0.39, 0.29) is 24.8 Å². The molecule has 0 unspecified atom stereocenters. The number of hydrogen-bond donors (Lipinski definition) is 2. The molecule has 0 aliphatic heterocycles. The van der Waals surface area contributed by atoms with Crippen LogP contribution in [0.2, 0.25) is 0 Å². The van der Waals surface area contributed by atoms with Crippen LogP contribution in [0.3, 0.4) is 0 Å². The molecule has 0 fully saturated rings. The zero-order chi connectivity index (χ0) is 15.2. The van der Waals surface area contributed by atoms with Crippen molar-refractivity contribution < 1.29 is 15.0 Å². The van der Waals surface area contributed by atoms with Crippen LogP contribution < -0.4 is 0 Å². The number of amides is 1. The van der Waals surface area contributed by atoms with E-state index < -0.39 is 0 Å². The van der Waals surface area contributed by atoms with Gasteiger partial charge in [-0.1, -0.05) is 30.3 Å². The van der Waals surface area contributed by atoms with Gasteiger partial charge < -0.3 is 15.1 Å². The first-order valence-corrected chi connectivity index (χ1v) is 7.62. The zero-order valence-electron chi connectivity index (χ0n) is 11.4. The smallest absolute Gasteiger partial charge is 0.254 e. The topological polar surface area (TPSA) is 60.8 Å². The first-order valence-electron chi connectivity index (χ1n) is 6.54. The molecule has 0 aliphatic rings. The standard InChI is InChI=1S/C16H16INO3/c17-14-7-6-13(10-15(14)20)16(21)18(8-9-19)11-12-4-2-1-3-5-12/h1-7,10,19-20H,8-9,11H2. The maximum Gasteiger partial charge on any atom is 0.254 e. The van der Waals surface area contributed by atoms with E-state index in [1.807, 2.05) is 52.9 Å². The summed E-state index contributed by atoms with van der Waals surface area (Å²) in [5.74, 6) is -0.121. The quantitative estimate of drug-likeness (QED) is 0.763. The van der Waals surface area contributed by atoms with Gasteiger partial charge in [0.2, 0.25) is 0 Å². The van der Waals surface area contributed by atoms with Gasteiger partial charge in [-0.2, -0.15) is 0 Å². The molecule has 0 bridgehead atoms. The van der Waals surface area contributed by atoms with Crippen molar-refractivity contribution >= 4 is 28.5 Å². The number of aliphatic hydroxyl groups is 1. The molecular weight excluding hydrogens is 381 g/mol. The second-order valence-corrected chi connectivity index (χ2v) is 5.76. The summed E-state index contributed by atoms with van der Waals surface area (Å²) in [7, 11) is 0. The normalized spacial score (nSPS) is 10.4. The van der Waals surface area contributed by atoms with Crippen molar-refractivity contribution in [2.24, 2.45) is 0 Å². The minimum atomic E-state index is -0.209. The Morgan fingerprint density at radius 2 is 1.86 bits per heavy atom. The number of aromatic hydroxyl groups is 1. The van der Waals surface area contributed by atoms with Crippen molar-refractivity contribution in [1.29, 1.82) is 0 Å². The maximum absolute atomic E-state index is 12.5. The van der Waals surface area contributed by atoms with Crippen molar-refractivity contribution in [2.45, 2.75) is 6.54 Å². The third kappa shape index (κ3) is 4.18. The molecule has 1 amide bonds. The van der Waals surface area contributed by atoms with Gasteiger partial charge in [-0.05, 0) is 46.4 Å². The van der Waals surface area contributed by atoms with E-state index in [0.29, 0.717) is 15.7 Å². The zero-order valence-corrected chi connectivity index (χ0v) is 13.5. The van der Waals surface area contributed by atoms with E-state index in [1.165, 1.54) is 6.07 Å². The number of phenolic OH excluding ortho intramolecular Hbond substituents is 1. The fourth-order valence-electron chi connectivity index (χ4n) is 2.01. The van der Waals surface area contributed by atoms with Crippen molar-refractivity contribution in [3.8, 4) is 5.75 Å². The molecule has 0 saturated heterocycles. The number of rotatable bonds is 5. The SMILES string of the molecule is O=C(c1ccc(I)c(O)c1)N(CCO)Cc1ccccc1. The first-order chi connectivity index (χ1) is 10.1. The van der Waals surface area contributed by atoms with E-state index >= 15 is 0 Å². The van der Waals surface area contributed by atoms with Gasteiger partial charge >= 0.3 is 0 Å². The van der Waals surface area contributed by atoms with Crippen LogP contribution >= 0.6 is 22.6 Å². The molecule has 0 atom stereocenters. The predicted molar refractivity (Wildman–Crippen MR) is 89.1 cm³/mol. The Morgan fingerprint density at radius 1 is 1.14 bits per heavy atom. The molecule has 2 rings (SSSR count). The highest BCUT2D eigenvalue weighted by molar-refractivity contribution is 14.1. The third-order valence-electron chi connectivity index (χ3n) is 3.07. The average Bonchev–Trinajstić information content (AvgIpc) is 2.50. The molecule has 0 saturated carbocycles. The maximum atomic E-state index is 12.5. The lowest BCUT2D eigenvalue weighted by Gasteiger charge is -2.22. The average molecular weight is 397 g/mol. The lowest BCUT2D eigenvalue weighted by Crippen LogP contribution is -2.33. The Kier molecular flexibility index (Phi) is 5.58. The number of benzene rings is 2. The second-order valence-electron chi connectivity index (χ2n) is 4.60. The van der Waals surface area contributed by atoms with Crippen LogP contribution in [0, 0.1) is 3.57 Å². The molecule has 2 N–H and O–H groups in total. The summed E-state index contributed by atoms with van der Waals surface area (Å²) in [6.45, 7) is 0.572. The summed E-state index contributed by atoms with van der Waals surface area (Å²) < 4.78 is 0.695. The van der Waals surface area contributed by atoms with Gasteiger partial charge in [0.05, 0.1) is 10.2 Å². The molecule has 0 heterocycles. The van der Waals surface area contributed by atoms with Gasteiger partial charge in [-0.3, -0.25) is 4.79 Å². The Balaban J connectivity index is 2.20. The summed E-state index contributed by atoms with van der Waals surface area (Å²) in [5, 5.41) is 18.9. The van der Waals surface area contributed by atoms with E-state index in [4.69, 9.17) is 5.11 Å². The number of aliphatic hydroxyl groups excluding tert-OH is 1. The third-order valence-corrected chi connectivity index (χ3v) is 3.98. The van der Waals surface area contributed by atoms with Crippen molar-refractivity contribution in [2.75, 3.05) is 13.2 Å².